The average molecular weight is 229 g/mol. The Morgan fingerprint density at radius 2 is 1.94 bits per heavy atom. The molecule has 0 bridgehead atoms. The van der Waals surface area contributed by atoms with E-state index in [-0.39, 0.29) is 0 Å². The van der Waals surface area contributed by atoms with Crippen LogP contribution in [0, 0.1) is 0 Å². The molecule has 0 aliphatic heterocycles. The number of para-hydroxylation sites is 1. The number of hydrogen-bond acceptors (Lipinski definition) is 2. The lowest BCUT2D eigenvalue weighted by Crippen LogP contribution is -2.18. The van der Waals surface area contributed by atoms with Crippen molar-refractivity contribution in [3.63, 3.8) is 0 Å². The van der Waals surface area contributed by atoms with E-state index in [2.05, 4.69) is 35.5 Å². The van der Waals surface area contributed by atoms with Crippen molar-refractivity contribution in [1.82, 2.24) is 15.1 Å². The van der Waals surface area contributed by atoms with Gasteiger partial charge < -0.3 is 5.32 Å². The molecule has 17 heavy (non-hydrogen) atoms. The topological polar surface area (TPSA) is 29.9 Å². The Hall–Kier alpha value is -1.61. The first-order valence-corrected chi connectivity index (χ1v) is 6.21. The first-order valence-electron chi connectivity index (χ1n) is 6.21. The van der Waals surface area contributed by atoms with Gasteiger partial charge in [0.2, 0.25) is 0 Å². The SMILES string of the molecule is CCCNCCc1ccn(-c2ccccc2)n1. The Morgan fingerprint density at radius 1 is 1.12 bits per heavy atom. The highest BCUT2D eigenvalue weighted by molar-refractivity contribution is 5.30. The van der Waals surface area contributed by atoms with Crippen molar-refractivity contribution in [2.75, 3.05) is 13.1 Å². The van der Waals surface area contributed by atoms with E-state index in [9.17, 15) is 0 Å². The Balaban J connectivity index is 1.92. The van der Waals surface area contributed by atoms with Gasteiger partial charge in [-0.3, -0.25) is 0 Å². The monoisotopic (exact) mass is 229 g/mol. The number of hydrogen-bond donors (Lipinski definition) is 1. The summed E-state index contributed by atoms with van der Waals surface area (Å²) < 4.78 is 1.93. The normalized spacial score (nSPS) is 10.6. The van der Waals surface area contributed by atoms with Gasteiger partial charge in [-0.1, -0.05) is 25.1 Å². The first-order chi connectivity index (χ1) is 8.40. The van der Waals surface area contributed by atoms with Gasteiger partial charge in [0.25, 0.3) is 0 Å². The van der Waals surface area contributed by atoms with Crippen molar-refractivity contribution < 1.29 is 0 Å². The quantitative estimate of drug-likeness (QED) is 0.771. The molecule has 0 aliphatic carbocycles. The largest absolute Gasteiger partial charge is 0.316 e. The molecule has 0 saturated carbocycles. The van der Waals surface area contributed by atoms with Crippen LogP contribution in [0.1, 0.15) is 19.0 Å². The number of nitrogens with zero attached hydrogens (tertiary/aromatic N) is 2. The summed E-state index contributed by atoms with van der Waals surface area (Å²) in [6, 6.07) is 12.3. The highest BCUT2D eigenvalue weighted by Crippen LogP contribution is 2.06. The van der Waals surface area contributed by atoms with Crippen LogP contribution in [0.25, 0.3) is 5.69 Å². The van der Waals surface area contributed by atoms with Crippen LogP contribution < -0.4 is 5.32 Å². The molecule has 0 fully saturated rings. The molecule has 1 aromatic carbocycles. The van der Waals surface area contributed by atoms with E-state index in [1.165, 1.54) is 6.42 Å². The predicted octanol–water partition coefficient (Wildman–Crippen LogP) is 2.41. The summed E-state index contributed by atoms with van der Waals surface area (Å²) in [5.74, 6) is 0. The standard InChI is InChI=1S/C14H19N3/c1-2-10-15-11-8-13-9-12-17(16-13)14-6-4-3-5-7-14/h3-7,9,12,15H,2,8,10-11H2,1H3. The van der Waals surface area contributed by atoms with Crippen LogP contribution in [0.3, 0.4) is 0 Å². The van der Waals surface area contributed by atoms with Gasteiger partial charge in [0.15, 0.2) is 0 Å². The van der Waals surface area contributed by atoms with Crippen LogP contribution in [0.2, 0.25) is 0 Å². The summed E-state index contributed by atoms with van der Waals surface area (Å²) in [7, 11) is 0. The van der Waals surface area contributed by atoms with Crippen molar-refractivity contribution in [1.29, 1.82) is 0 Å². The van der Waals surface area contributed by atoms with E-state index in [0.29, 0.717) is 0 Å². The molecule has 0 spiro atoms. The predicted molar refractivity (Wildman–Crippen MR) is 70.4 cm³/mol. The molecule has 90 valence electrons. The summed E-state index contributed by atoms with van der Waals surface area (Å²) in [5.41, 5.74) is 2.25. The van der Waals surface area contributed by atoms with Gasteiger partial charge in [0.1, 0.15) is 0 Å². The molecule has 1 heterocycles. The number of nitrogens with one attached hydrogen (secondary N) is 1. The lowest BCUT2D eigenvalue weighted by atomic mass is 10.3. The van der Waals surface area contributed by atoms with Crippen LogP contribution in [0.4, 0.5) is 0 Å². The van der Waals surface area contributed by atoms with Crippen LogP contribution in [-0.4, -0.2) is 22.9 Å². The highest BCUT2D eigenvalue weighted by Gasteiger charge is 2.00. The van der Waals surface area contributed by atoms with Crippen molar-refractivity contribution in [3.8, 4) is 5.69 Å². The molecule has 3 heteroatoms. The van der Waals surface area contributed by atoms with Crippen molar-refractivity contribution in [2.45, 2.75) is 19.8 Å². The molecule has 2 aromatic rings. The molecule has 1 N–H and O–H groups in total. The second kappa shape index (κ2) is 6.21. The maximum Gasteiger partial charge on any atom is 0.0645 e. The summed E-state index contributed by atoms with van der Waals surface area (Å²) in [5, 5.41) is 7.94. The molecule has 0 unspecified atom stereocenters. The Morgan fingerprint density at radius 3 is 2.71 bits per heavy atom. The summed E-state index contributed by atoms with van der Waals surface area (Å²) in [4.78, 5) is 0. The van der Waals surface area contributed by atoms with E-state index in [4.69, 9.17) is 0 Å². The lowest BCUT2D eigenvalue weighted by Gasteiger charge is -2.01. The van der Waals surface area contributed by atoms with Crippen molar-refractivity contribution >= 4 is 0 Å². The van der Waals surface area contributed by atoms with Crippen molar-refractivity contribution in [3.05, 3.63) is 48.3 Å². The van der Waals surface area contributed by atoms with Gasteiger partial charge in [0, 0.05) is 19.2 Å². The molecule has 3 nitrogen and oxygen atoms in total. The van der Waals surface area contributed by atoms with Crippen LogP contribution in [-0.2, 0) is 6.42 Å². The van der Waals surface area contributed by atoms with E-state index < -0.39 is 0 Å². The minimum Gasteiger partial charge on any atom is -0.316 e. The molecular formula is C14H19N3. The van der Waals surface area contributed by atoms with Gasteiger partial charge in [-0.05, 0) is 31.2 Å². The van der Waals surface area contributed by atoms with E-state index >= 15 is 0 Å². The third kappa shape index (κ3) is 3.43. The smallest absolute Gasteiger partial charge is 0.0645 e. The Labute approximate surface area is 102 Å². The summed E-state index contributed by atoms with van der Waals surface area (Å²) in [6.45, 7) is 4.26. The maximum absolute atomic E-state index is 4.55. The molecule has 0 saturated heterocycles. The fourth-order valence-corrected chi connectivity index (χ4v) is 1.74. The first kappa shape index (κ1) is 11.9. The second-order valence-electron chi connectivity index (χ2n) is 4.09. The van der Waals surface area contributed by atoms with Gasteiger partial charge in [0.05, 0.1) is 11.4 Å². The fourth-order valence-electron chi connectivity index (χ4n) is 1.74. The molecule has 0 amide bonds. The van der Waals surface area contributed by atoms with Gasteiger partial charge in [-0.25, -0.2) is 4.68 Å². The molecular weight excluding hydrogens is 210 g/mol. The molecule has 0 aliphatic rings. The molecule has 2 rings (SSSR count). The van der Waals surface area contributed by atoms with E-state index in [1.807, 2.05) is 29.1 Å². The third-order valence-corrected chi connectivity index (χ3v) is 2.65. The maximum atomic E-state index is 4.55. The average Bonchev–Trinajstić information content (AvgIpc) is 2.85. The summed E-state index contributed by atoms with van der Waals surface area (Å²) >= 11 is 0. The summed E-state index contributed by atoms with van der Waals surface area (Å²) in [6.07, 6.45) is 4.18. The lowest BCUT2D eigenvalue weighted by molar-refractivity contribution is 0.661. The minimum atomic E-state index is 0.986. The van der Waals surface area contributed by atoms with Gasteiger partial charge in [-0.15, -0.1) is 0 Å². The van der Waals surface area contributed by atoms with Crippen molar-refractivity contribution in [2.24, 2.45) is 0 Å². The highest BCUT2D eigenvalue weighted by atomic mass is 15.3. The third-order valence-electron chi connectivity index (χ3n) is 2.65. The van der Waals surface area contributed by atoms with Crippen LogP contribution >= 0.6 is 0 Å². The van der Waals surface area contributed by atoms with Crippen LogP contribution in [0.15, 0.2) is 42.6 Å². The van der Waals surface area contributed by atoms with Gasteiger partial charge in [-0.2, -0.15) is 5.10 Å². The minimum absolute atomic E-state index is 0.986. The number of benzene rings is 1. The number of aromatic nitrogens is 2. The molecule has 1 aromatic heterocycles. The Bertz CT molecular complexity index is 434. The second-order valence-corrected chi connectivity index (χ2v) is 4.09. The molecule has 0 atom stereocenters. The zero-order chi connectivity index (χ0) is 11.9. The van der Waals surface area contributed by atoms with E-state index in [1.54, 1.807) is 0 Å². The molecule has 0 radical (unpaired) electrons. The van der Waals surface area contributed by atoms with Gasteiger partial charge >= 0.3 is 0 Å². The zero-order valence-corrected chi connectivity index (χ0v) is 10.3. The van der Waals surface area contributed by atoms with E-state index in [0.717, 1.165) is 30.9 Å². The van der Waals surface area contributed by atoms with Crippen LogP contribution in [0.5, 0.6) is 0 Å². The fraction of sp³-hybridized carbons (Fsp3) is 0.357. The zero-order valence-electron chi connectivity index (χ0n) is 10.3. The Kier molecular flexibility index (Phi) is 4.33. The number of rotatable bonds is 6.